The first-order chi connectivity index (χ1) is 35.2. The molecule has 3 unspecified atom stereocenters. The van der Waals surface area contributed by atoms with Gasteiger partial charge in [-0.1, -0.05) is 209 Å². The third kappa shape index (κ3) is 51.6. The standard InChI is InChI=1S/C60H103O11P/c1-4-7-10-13-16-19-22-24-26-27-28-29-31-33-36-39-42-45-48-51-60(64)71-57(53-67-58(62)49-46-43-40-37-34-21-18-15-12-9-6-3)55-69-72(65,66)68-54-56(52-61)70-59(63)50-47-44-41-38-35-32-30-25-23-20-17-14-11-8-5-2/h8,11,16-17,19-20,24-26,28-30,35,38,56-57,61H,4-7,9-10,12-15,18,21-23,27,31-34,36-37,39-55H2,1-3H3,(H,65,66)/b11-8-,19-16-,20-17-,26-24-,29-28-,30-25-,38-35-. The first kappa shape index (κ1) is 68.7. The van der Waals surface area contributed by atoms with E-state index in [1.165, 1.54) is 70.6 Å². The Morgan fingerprint density at radius 2 is 0.722 bits per heavy atom. The first-order valence-corrected chi connectivity index (χ1v) is 30.0. The zero-order valence-corrected chi connectivity index (χ0v) is 46.5. The molecule has 0 spiro atoms. The SMILES string of the molecule is CC/C=C\C/C=C\C/C=C\C/C=C\CCCCC(=O)OC(CO)COP(=O)(O)OCC(COC(=O)CCCCCCCCCCCCC)OC(=O)CCCCCCCC/C=C\C/C=C\C/C=C\CCCCC. The fraction of sp³-hybridized carbons (Fsp3) is 0.717. The predicted octanol–water partition coefficient (Wildman–Crippen LogP) is 16.7. The van der Waals surface area contributed by atoms with E-state index in [2.05, 4.69) is 106 Å². The number of carbonyl (C=O) groups is 3. The van der Waals surface area contributed by atoms with E-state index in [1.54, 1.807) is 0 Å². The first-order valence-electron chi connectivity index (χ1n) is 28.5. The molecule has 414 valence electrons. The molecule has 0 aromatic rings. The van der Waals surface area contributed by atoms with Gasteiger partial charge in [0.15, 0.2) is 6.10 Å². The van der Waals surface area contributed by atoms with Crippen molar-refractivity contribution in [3.63, 3.8) is 0 Å². The van der Waals surface area contributed by atoms with Crippen LogP contribution in [0.2, 0.25) is 0 Å². The molecule has 0 saturated heterocycles. The van der Waals surface area contributed by atoms with Gasteiger partial charge in [-0.25, -0.2) is 4.57 Å². The Hall–Kier alpha value is -3.34. The Balaban J connectivity index is 4.76. The fourth-order valence-electron chi connectivity index (χ4n) is 7.47. The maximum atomic E-state index is 12.9. The third-order valence-electron chi connectivity index (χ3n) is 11.8. The van der Waals surface area contributed by atoms with Crippen LogP contribution in [-0.4, -0.2) is 66.5 Å². The topological polar surface area (TPSA) is 155 Å². The number of phosphoric ester groups is 1. The van der Waals surface area contributed by atoms with E-state index in [0.717, 1.165) is 109 Å². The molecule has 0 aliphatic rings. The predicted molar refractivity (Wildman–Crippen MR) is 298 cm³/mol. The molecular weight excluding hydrogens is 928 g/mol. The van der Waals surface area contributed by atoms with Gasteiger partial charge in [0, 0.05) is 19.3 Å². The molecular formula is C60H103O11P. The van der Waals surface area contributed by atoms with Crippen LogP contribution in [0.3, 0.4) is 0 Å². The maximum Gasteiger partial charge on any atom is 0.472 e. The van der Waals surface area contributed by atoms with E-state index in [9.17, 15) is 28.9 Å². The van der Waals surface area contributed by atoms with E-state index in [-0.39, 0.29) is 25.9 Å². The zero-order chi connectivity index (χ0) is 52.7. The van der Waals surface area contributed by atoms with E-state index in [4.69, 9.17) is 23.3 Å². The smallest absolute Gasteiger partial charge is 0.462 e. The van der Waals surface area contributed by atoms with Crippen LogP contribution in [0.5, 0.6) is 0 Å². The normalized spacial score (nSPS) is 14.0. The zero-order valence-electron chi connectivity index (χ0n) is 45.6. The van der Waals surface area contributed by atoms with Crippen molar-refractivity contribution in [3.8, 4) is 0 Å². The summed E-state index contributed by atoms with van der Waals surface area (Å²) in [6, 6.07) is 0. The van der Waals surface area contributed by atoms with Crippen molar-refractivity contribution in [1.29, 1.82) is 0 Å². The molecule has 0 aromatic heterocycles. The van der Waals surface area contributed by atoms with E-state index >= 15 is 0 Å². The van der Waals surface area contributed by atoms with Crippen LogP contribution in [0.1, 0.15) is 239 Å². The lowest BCUT2D eigenvalue weighted by Crippen LogP contribution is -2.30. The number of aliphatic hydroxyl groups excluding tert-OH is 1. The lowest BCUT2D eigenvalue weighted by atomic mass is 10.1. The van der Waals surface area contributed by atoms with Crippen molar-refractivity contribution in [1.82, 2.24) is 0 Å². The number of aliphatic hydroxyl groups is 1. The van der Waals surface area contributed by atoms with Crippen LogP contribution in [0, 0.1) is 0 Å². The van der Waals surface area contributed by atoms with Crippen LogP contribution in [-0.2, 0) is 42.2 Å². The fourth-order valence-corrected chi connectivity index (χ4v) is 8.25. The second-order valence-electron chi connectivity index (χ2n) is 18.7. The molecule has 0 fully saturated rings. The van der Waals surface area contributed by atoms with Crippen molar-refractivity contribution in [3.05, 3.63) is 85.1 Å². The van der Waals surface area contributed by atoms with Gasteiger partial charge in [0.25, 0.3) is 0 Å². The highest BCUT2D eigenvalue weighted by molar-refractivity contribution is 7.47. The molecule has 0 aliphatic heterocycles. The van der Waals surface area contributed by atoms with Crippen LogP contribution < -0.4 is 0 Å². The minimum Gasteiger partial charge on any atom is -0.462 e. The van der Waals surface area contributed by atoms with Gasteiger partial charge >= 0.3 is 25.7 Å². The number of phosphoric acid groups is 1. The average molecular weight is 1030 g/mol. The lowest BCUT2D eigenvalue weighted by Gasteiger charge is -2.21. The highest BCUT2D eigenvalue weighted by Crippen LogP contribution is 2.43. The summed E-state index contributed by atoms with van der Waals surface area (Å²) in [6.07, 6.45) is 61.2. The van der Waals surface area contributed by atoms with Gasteiger partial charge < -0.3 is 24.2 Å². The molecule has 0 aromatic carbocycles. The third-order valence-corrected chi connectivity index (χ3v) is 12.8. The highest BCUT2D eigenvalue weighted by Gasteiger charge is 2.28. The summed E-state index contributed by atoms with van der Waals surface area (Å²) in [5.74, 6) is -1.52. The average Bonchev–Trinajstić information content (AvgIpc) is 3.37. The van der Waals surface area contributed by atoms with Crippen molar-refractivity contribution in [2.24, 2.45) is 0 Å². The van der Waals surface area contributed by atoms with Gasteiger partial charge in [-0.15, -0.1) is 0 Å². The summed E-state index contributed by atoms with van der Waals surface area (Å²) >= 11 is 0. The summed E-state index contributed by atoms with van der Waals surface area (Å²) in [4.78, 5) is 48.4. The van der Waals surface area contributed by atoms with Gasteiger partial charge in [0.2, 0.25) is 0 Å². The van der Waals surface area contributed by atoms with Crippen LogP contribution in [0.25, 0.3) is 0 Å². The van der Waals surface area contributed by atoms with Crippen molar-refractivity contribution in [2.75, 3.05) is 26.4 Å². The van der Waals surface area contributed by atoms with Gasteiger partial charge in [0.1, 0.15) is 12.7 Å². The molecule has 0 radical (unpaired) electrons. The van der Waals surface area contributed by atoms with Gasteiger partial charge in [0.05, 0.1) is 19.8 Å². The van der Waals surface area contributed by atoms with Crippen molar-refractivity contribution in [2.45, 2.75) is 251 Å². The number of carbonyl (C=O) groups excluding carboxylic acids is 3. The molecule has 72 heavy (non-hydrogen) atoms. The van der Waals surface area contributed by atoms with E-state index < -0.39 is 57.8 Å². The summed E-state index contributed by atoms with van der Waals surface area (Å²) in [5.41, 5.74) is 0. The Morgan fingerprint density at radius 1 is 0.403 bits per heavy atom. The van der Waals surface area contributed by atoms with Crippen LogP contribution in [0.15, 0.2) is 85.1 Å². The van der Waals surface area contributed by atoms with Crippen molar-refractivity contribution >= 4 is 25.7 Å². The second kappa shape index (κ2) is 53.9. The highest BCUT2D eigenvalue weighted by atomic mass is 31.2. The summed E-state index contributed by atoms with van der Waals surface area (Å²) in [7, 11) is -4.76. The number of rotatable bonds is 52. The molecule has 0 bridgehead atoms. The van der Waals surface area contributed by atoms with Crippen LogP contribution in [0.4, 0.5) is 0 Å². The number of unbranched alkanes of at least 4 members (excludes halogenated alkanes) is 21. The molecule has 3 atom stereocenters. The van der Waals surface area contributed by atoms with Gasteiger partial charge in [-0.3, -0.25) is 23.4 Å². The maximum absolute atomic E-state index is 12.9. The molecule has 0 heterocycles. The monoisotopic (exact) mass is 1030 g/mol. The Morgan fingerprint density at radius 3 is 1.17 bits per heavy atom. The minimum atomic E-state index is -4.76. The number of hydrogen-bond acceptors (Lipinski definition) is 10. The molecule has 0 aliphatic carbocycles. The van der Waals surface area contributed by atoms with Gasteiger partial charge in [-0.05, 0) is 96.3 Å². The summed E-state index contributed by atoms with van der Waals surface area (Å²) in [6.45, 7) is 4.43. The number of allylic oxidation sites excluding steroid dienone is 14. The molecule has 11 nitrogen and oxygen atoms in total. The second-order valence-corrected chi connectivity index (χ2v) is 20.2. The largest absolute Gasteiger partial charge is 0.472 e. The van der Waals surface area contributed by atoms with Crippen molar-refractivity contribution < 1.29 is 52.2 Å². The number of hydrogen-bond donors (Lipinski definition) is 2. The van der Waals surface area contributed by atoms with Crippen LogP contribution >= 0.6 is 7.82 Å². The Labute approximate surface area is 439 Å². The molecule has 0 amide bonds. The quantitative estimate of drug-likeness (QED) is 0.0197. The Kier molecular flexibility index (Phi) is 51.4. The number of ether oxygens (including phenoxy) is 3. The number of esters is 3. The lowest BCUT2D eigenvalue weighted by molar-refractivity contribution is -0.161. The Bertz CT molecular complexity index is 1530. The summed E-state index contributed by atoms with van der Waals surface area (Å²) in [5, 5.41) is 9.80. The molecule has 2 N–H and O–H groups in total. The van der Waals surface area contributed by atoms with E-state index in [0.29, 0.717) is 19.3 Å². The van der Waals surface area contributed by atoms with E-state index in [1.807, 2.05) is 0 Å². The minimum absolute atomic E-state index is 0.122. The molecule has 0 saturated carbocycles. The molecule has 12 heteroatoms. The van der Waals surface area contributed by atoms with Gasteiger partial charge in [-0.2, -0.15) is 0 Å². The molecule has 0 rings (SSSR count). The summed E-state index contributed by atoms with van der Waals surface area (Å²) < 4.78 is 39.4.